The number of halogens is 2. The third-order valence-electron chi connectivity index (χ3n) is 6.44. The minimum absolute atomic E-state index is 0. The first-order valence-corrected chi connectivity index (χ1v) is 13.0. The van der Waals surface area contributed by atoms with Crippen molar-refractivity contribution >= 4 is 29.2 Å². The molecule has 2 aromatic carbocycles. The fourth-order valence-corrected chi connectivity index (χ4v) is 5.14. The number of alkyl halides is 2. The van der Waals surface area contributed by atoms with Crippen LogP contribution in [0.25, 0.3) is 0 Å². The Morgan fingerprint density at radius 1 is 1.03 bits per heavy atom. The molecule has 1 saturated heterocycles. The summed E-state index contributed by atoms with van der Waals surface area (Å²) in [7, 11) is 2.13. The fourth-order valence-electron chi connectivity index (χ4n) is 4.22. The first kappa shape index (κ1) is 28.8. The molecule has 37 heavy (non-hydrogen) atoms. The predicted molar refractivity (Wildman–Crippen MR) is 153 cm³/mol. The number of likely N-dealkylation sites (N-methyl/N-ethyl adjacent to an activating group) is 1. The second kappa shape index (κ2) is 13.7. The first-order valence-electron chi connectivity index (χ1n) is 12.2. The van der Waals surface area contributed by atoms with Gasteiger partial charge in [-0.1, -0.05) is 56.5 Å². The Morgan fingerprint density at radius 2 is 1.70 bits per heavy atom. The Morgan fingerprint density at radius 3 is 2.30 bits per heavy atom. The van der Waals surface area contributed by atoms with Gasteiger partial charge in [0.25, 0.3) is 6.43 Å². The molecule has 0 spiro atoms. The van der Waals surface area contributed by atoms with E-state index in [2.05, 4.69) is 61.3 Å². The number of rotatable bonds is 11. The topological polar surface area (TPSA) is 37.7 Å². The van der Waals surface area contributed by atoms with Gasteiger partial charge in [-0.25, -0.2) is 13.1 Å². The number of para-hydroxylation sites is 1. The SMILES string of the molecule is C.C=C(C)N1CCN(CCN(C)SN(Cc2ccc(C3=NN=C(C(F)F)C3)cc2)c2ccccc2)CC1. The van der Waals surface area contributed by atoms with Crippen LogP contribution in [0.5, 0.6) is 0 Å². The molecule has 6 nitrogen and oxygen atoms in total. The Labute approximate surface area is 224 Å². The molecule has 2 aliphatic rings. The summed E-state index contributed by atoms with van der Waals surface area (Å²) in [5, 5.41) is 7.58. The van der Waals surface area contributed by atoms with E-state index in [-0.39, 0.29) is 19.6 Å². The van der Waals surface area contributed by atoms with Crippen LogP contribution in [0.3, 0.4) is 0 Å². The van der Waals surface area contributed by atoms with Gasteiger partial charge in [0.2, 0.25) is 0 Å². The molecule has 4 rings (SSSR count). The van der Waals surface area contributed by atoms with Gasteiger partial charge in [0.05, 0.1) is 12.3 Å². The van der Waals surface area contributed by atoms with Crippen LogP contribution in [-0.4, -0.2) is 78.3 Å². The minimum Gasteiger partial charge on any atom is -0.373 e. The highest BCUT2D eigenvalue weighted by Gasteiger charge is 2.22. The highest BCUT2D eigenvalue weighted by Crippen LogP contribution is 2.27. The molecule has 0 radical (unpaired) electrons. The van der Waals surface area contributed by atoms with E-state index in [0.717, 1.165) is 61.8 Å². The van der Waals surface area contributed by atoms with Gasteiger partial charge < -0.3 is 4.90 Å². The lowest BCUT2D eigenvalue weighted by Gasteiger charge is -2.37. The summed E-state index contributed by atoms with van der Waals surface area (Å²) in [6, 6.07) is 18.3. The minimum atomic E-state index is -2.56. The van der Waals surface area contributed by atoms with Crippen LogP contribution >= 0.6 is 12.1 Å². The Kier molecular flexibility index (Phi) is 10.7. The lowest BCUT2D eigenvalue weighted by molar-refractivity contribution is 0.156. The van der Waals surface area contributed by atoms with Gasteiger partial charge in [0.15, 0.2) is 0 Å². The third kappa shape index (κ3) is 8.12. The molecule has 2 aromatic rings. The van der Waals surface area contributed by atoms with Crippen molar-refractivity contribution in [1.82, 2.24) is 14.1 Å². The Balaban J connectivity index is 0.00000380. The van der Waals surface area contributed by atoms with Crippen molar-refractivity contribution in [2.24, 2.45) is 10.2 Å². The molecule has 1 fully saturated rings. The molecule has 9 heteroatoms. The highest BCUT2D eigenvalue weighted by atomic mass is 32.2. The van der Waals surface area contributed by atoms with Crippen molar-refractivity contribution < 1.29 is 8.78 Å². The second-order valence-corrected chi connectivity index (χ2v) is 10.4. The third-order valence-corrected chi connectivity index (χ3v) is 7.44. The van der Waals surface area contributed by atoms with Gasteiger partial charge >= 0.3 is 0 Å². The molecule has 0 saturated carbocycles. The standard InChI is InChI=1S/C27H34F2N6S.CH4/c1-21(2)34-17-15-33(16-18-34)14-13-32(3)36-35(24-7-5-4-6-8-24)20-22-9-11-23(12-10-22)25-19-26(27(28)29)31-30-25;/h4-12,27H,1,13-20H2,2-3H3;1H4. The molecule has 0 N–H and O–H groups in total. The Bertz CT molecular complexity index is 1070. The zero-order valence-corrected chi connectivity index (χ0v) is 21.8. The lowest BCUT2D eigenvalue weighted by Crippen LogP contribution is -2.47. The number of nitrogens with zero attached hydrogens (tertiary/aromatic N) is 6. The van der Waals surface area contributed by atoms with E-state index in [9.17, 15) is 8.78 Å². The summed E-state index contributed by atoms with van der Waals surface area (Å²) in [5.74, 6) is 0. The highest BCUT2D eigenvalue weighted by molar-refractivity contribution is 7.98. The van der Waals surface area contributed by atoms with Crippen LogP contribution in [0.4, 0.5) is 14.5 Å². The van der Waals surface area contributed by atoms with E-state index in [1.807, 2.05) is 42.5 Å². The summed E-state index contributed by atoms with van der Waals surface area (Å²) in [6.07, 6.45) is -2.45. The van der Waals surface area contributed by atoms with Gasteiger partial charge in [-0.05, 0) is 37.2 Å². The van der Waals surface area contributed by atoms with Gasteiger partial charge in [-0.15, -0.1) is 0 Å². The van der Waals surface area contributed by atoms with Crippen molar-refractivity contribution in [2.75, 3.05) is 50.6 Å². The van der Waals surface area contributed by atoms with E-state index >= 15 is 0 Å². The zero-order valence-electron chi connectivity index (χ0n) is 21.0. The van der Waals surface area contributed by atoms with Crippen LogP contribution in [0.15, 0.2) is 77.1 Å². The summed E-state index contributed by atoms with van der Waals surface area (Å²) in [5.41, 5.74) is 4.67. The largest absolute Gasteiger partial charge is 0.373 e. The van der Waals surface area contributed by atoms with Crippen LogP contribution < -0.4 is 4.31 Å². The molecule has 0 amide bonds. The maximum absolute atomic E-state index is 12.9. The molecule has 0 unspecified atom stereocenters. The predicted octanol–water partition coefficient (Wildman–Crippen LogP) is 5.79. The van der Waals surface area contributed by atoms with E-state index in [4.69, 9.17) is 0 Å². The van der Waals surface area contributed by atoms with Gasteiger partial charge in [-0.2, -0.15) is 10.2 Å². The van der Waals surface area contributed by atoms with Crippen molar-refractivity contribution in [3.8, 4) is 0 Å². The lowest BCUT2D eigenvalue weighted by atomic mass is 10.0. The Hall–Kier alpha value is -2.75. The number of benzene rings is 2. The average Bonchev–Trinajstić information content (AvgIpc) is 3.39. The van der Waals surface area contributed by atoms with Crippen LogP contribution in [0.1, 0.15) is 31.9 Å². The quantitative estimate of drug-likeness (QED) is 0.345. The summed E-state index contributed by atoms with van der Waals surface area (Å²) >= 11 is 1.71. The van der Waals surface area contributed by atoms with Crippen LogP contribution in [0, 0.1) is 0 Å². The molecule has 0 atom stereocenters. The summed E-state index contributed by atoms with van der Waals surface area (Å²) in [4.78, 5) is 4.86. The molecule has 2 aliphatic heterocycles. The zero-order chi connectivity index (χ0) is 25.5. The molecular formula is C28H38F2N6S. The normalized spacial score (nSPS) is 16.0. The molecule has 0 aromatic heterocycles. The van der Waals surface area contributed by atoms with Crippen molar-refractivity contribution in [3.63, 3.8) is 0 Å². The second-order valence-electron chi connectivity index (χ2n) is 9.18. The summed E-state index contributed by atoms with van der Waals surface area (Å²) in [6.45, 7) is 13.0. The molecule has 0 aliphatic carbocycles. The van der Waals surface area contributed by atoms with Crippen LogP contribution in [0.2, 0.25) is 0 Å². The summed E-state index contributed by atoms with van der Waals surface area (Å²) < 4.78 is 30.3. The average molecular weight is 529 g/mol. The number of hydrogen-bond donors (Lipinski definition) is 0. The molecule has 200 valence electrons. The van der Waals surface area contributed by atoms with Crippen molar-refractivity contribution in [1.29, 1.82) is 0 Å². The fraction of sp³-hybridized carbons (Fsp3) is 0.429. The smallest absolute Gasteiger partial charge is 0.278 e. The maximum atomic E-state index is 12.9. The van der Waals surface area contributed by atoms with E-state index < -0.39 is 6.43 Å². The number of hydrogen-bond acceptors (Lipinski definition) is 7. The van der Waals surface area contributed by atoms with Gasteiger partial charge in [0.1, 0.15) is 5.71 Å². The van der Waals surface area contributed by atoms with E-state index in [1.54, 1.807) is 12.1 Å². The maximum Gasteiger partial charge on any atom is 0.278 e. The van der Waals surface area contributed by atoms with Crippen LogP contribution in [-0.2, 0) is 6.54 Å². The number of piperazine rings is 1. The van der Waals surface area contributed by atoms with Crippen molar-refractivity contribution in [3.05, 3.63) is 78.0 Å². The number of allylic oxidation sites excluding steroid dienone is 1. The van der Waals surface area contributed by atoms with E-state index in [1.165, 1.54) is 0 Å². The van der Waals surface area contributed by atoms with Crippen molar-refractivity contribution in [2.45, 2.75) is 33.7 Å². The monoisotopic (exact) mass is 528 g/mol. The van der Waals surface area contributed by atoms with Gasteiger partial charge in [0, 0.05) is 69.2 Å². The first-order chi connectivity index (χ1) is 17.4. The molecule has 2 heterocycles. The molecule has 0 bridgehead atoms. The molecular weight excluding hydrogens is 490 g/mol. The number of anilines is 1. The van der Waals surface area contributed by atoms with Gasteiger partial charge in [-0.3, -0.25) is 9.21 Å². The van der Waals surface area contributed by atoms with E-state index in [0.29, 0.717) is 12.3 Å².